The van der Waals surface area contributed by atoms with Crippen molar-refractivity contribution in [2.24, 2.45) is 4.99 Å². The molecule has 1 rings (SSSR count). The zero-order valence-electron chi connectivity index (χ0n) is 4.20. The molecule has 3 nitrogen and oxygen atoms in total. The third-order valence-corrected chi connectivity index (χ3v) is 0.748. The van der Waals surface area contributed by atoms with E-state index in [1.807, 2.05) is 0 Å². The second-order valence-electron chi connectivity index (χ2n) is 1.29. The standard InChI is InChI=1S/C5H5NO2/c7-4-5-3-6-1-2-8-5/h1,3-4H,2H2. The molecule has 0 saturated heterocycles. The van der Waals surface area contributed by atoms with Crippen molar-refractivity contribution in [2.75, 3.05) is 6.61 Å². The molecule has 0 radical (unpaired) electrons. The van der Waals surface area contributed by atoms with Crippen LogP contribution in [-0.2, 0) is 9.53 Å². The van der Waals surface area contributed by atoms with Crippen LogP contribution in [0.15, 0.2) is 17.0 Å². The molecular formula is C5H5NO2. The van der Waals surface area contributed by atoms with Crippen LogP contribution in [-0.4, -0.2) is 19.1 Å². The van der Waals surface area contributed by atoms with Gasteiger partial charge in [-0.05, 0) is 0 Å². The van der Waals surface area contributed by atoms with Gasteiger partial charge in [0.1, 0.15) is 6.61 Å². The second kappa shape index (κ2) is 2.26. The van der Waals surface area contributed by atoms with Crippen LogP contribution in [0.1, 0.15) is 0 Å². The third-order valence-electron chi connectivity index (χ3n) is 0.748. The van der Waals surface area contributed by atoms with Crippen molar-refractivity contribution in [1.29, 1.82) is 0 Å². The number of carbonyl (C=O) groups is 1. The zero-order valence-corrected chi connectivity index (χ0v) is 4.20. The first-order valence-corrected chi connectivity index (χ1v) is 2.23. The van der Waals surface area contributed by atoms with Crippen molar-refractivity contribution >= 4 is 12.5 Å². The Labute approximate surface area is 46.7 Å². The molecule has 0 N–H and O–H groups in total. The minimum absolute atomic E-state index is 0.299. The molecule has 8 heavy (non-hydrogen) atoms. The summed E-state index contributed by atoms with van der Waals surface area (Å²) in [5.74, 6) is 0.299. The van der Waals surface area contributed by atoms with Crippen LogP contribution in [0, 0.1) is 0 Å². The number of allylic oxidation sites excluding steroid dienone is 1. The smallest absolute Gasteiger partial charge is 0.186 e. The van der Waals surface area contributed by atoms with Gasteiger partial charge >= 0.3 is 0 Å². The molecule has 1 aliphatic heterocycles. The molecule has 0 aromatic rings. The van der Waals surface area contributed by atoms with E-state index in [0.29, 0.717) is 18.7 Å². The second-order valence-corrected chi connectivity index (χ2v) is 1.29. The summed E-state index contributed by atoms with van der Waals surface area (Å²) in [5.41, 5.74) is 0. The van der Waals surface area contributed by atoms with E-state index in [0.717, 1.165) is 0 Å². The molecule has 0 aromatic carbocycles. The van der Waals surface area contributed by atoms with Gasteiger partial charge < -0.3 is 4.74 Å². The van der Waals surface area contributed by atoms with Gasteiger partial charge in [0.25, 0.3) is 0 Å². The SMILES string of the molecule is O=CC1=CN=CCO1. The lowest BCUT2D eigenvalue weighted by Crippen LogP contribution is -2.00. The van der Waals surface area contributed by atoms with Crippen molar-refractivity contribution < 1.29 is 9.53 Å². The number of hydrogen-bond donors (Lipinski definition) is 0. The summed E-state index contributed by atoms with van der Waals surface area (Å²) in [6, 6.07) is 0. The van der Waals surface area contributed by atoms with Gasteiger partial charge in [-0.25, -0.2) is 0 Å². The number of aliphatic imine (C=N–C) groups is 1. The summed E-state index contributed by atoms with van der Waals surface area (Å²) in [5, 5.41) is 0. The first-order chi connectivity index (χ1) is 3.93. The fraction of sp³-hybridized carbons (Fsp3) is 0.200. The summed E-state index contributed by atoms with van der Waals surface area (Å²) in [6.45, 7) is 0.407. The van der Waals surface area contributed by atoms with Crippen LogP contribution in [0.2, 0.25) is 0 Å². The minimum atomic E-state index is 0.299. The van der Waals surface area contributed by atoms with Crippen LogP contribution in [0.25, 0.3) is 0 Å². The number of nitrogens with zero attached hydrogens (tertiary/aromatic N) is 1. The monoisotopic (exact) mass is 111 g/mol. The number of aldehydes is 1. The molecule has 0 aromatic heterocycles. The zero-order chi connectivity index (χ0) is 5.82. The van der Waals surface area contributed by atoms with Gasteiger partial charge in [0.15, 0.2) is 12.0 Å². The Morgan fingerprint density at radius 2 is 2.75 bits per heavy atom. The summed E-state index contributed by atoms with van der Waals surface area (Å²) in [6.07, 6.45) is 3.61. The Hall–Kier alpha value is -1.12. The third kappa shape index (κ3) is 0.932. The van der Waals surface area contributed by atoms with Gasteiger partial charge in [-0.15, -0.1) is 0 Å². The molecule has 0 amide bonds. The van der Waals surface area contributed by atoms with Crippen LogP contribution in [0.3, 0.4) is 0 Å². The van der Waals surface area contributed by atoms with E-state index >= 15 is 0 Å². The van der Waals surface area contributed by atoms with Gasteiger partial charge in [-0.3, -0.25) is 9.79 Å². The predicted molar refractivity (Wildman–Crippen MR) is 28.6 cm³/mol. The Morgan fingerprint density at radius 1 is 1.88 bits per heavy atom. The summed E-state index contributed by atoms with van der Waals surface area (Å²) >= 11 is 0. The van der Waals surface area contributed by atoms with Gasteiger partial charge in [-0.2, -0.15) is 0 Å². The molecule has 1 heterocycles. The molecule has 0 fully saturated rings. The molecule has 0 saturated carbocycles. The van der Waals surface area contributed by atoms with Crippen molar-refractivity contribution in [2.45, 2.75) is 0 Å². The largest absolute Gasteiger partial charge is 0.483 e. The van der Waals surface area contributed by atoms with Gasteiger partial charge in [0.2, 0.25) is 0 Å². The molecular weight excluding hydrogens is 106 g/mol. The lowest BCUT2D eigenvalue weighted by atomic mass is 10.5. The van der Waals surface area contributed by atoms with Crippen LogP contribution in [0.4, 0.5) is 0 Å². The highest BCUT2D eigenvalue weighted by Crippen LogP contribution is 1.95. The van der Waals surface area contributed by atoms with E-state index in [-0.39, 0.29) is 0 Å². The lowest BCUT2D eigenvalue weighted by Gasteiger charge is -2.01. The Morgan fingerprint density at radius 3 is 3.12 bits per heavy atom. The summed E-state index contributed by atoms with van der Waals surface area (Å²) < 4.78 is 4.77. The molecule has 1 aliphatic rings. The summed E-state index contributed by atoms with van der Waals surface area (Å²) in [7, 11) is 0. The van der Waals surface area contributed by atoms with E-state index in [9.17, 15) is 4.79 Å². The minimum Gasteiger partial charge on any atom is -0.483 e. The Balaban J connectivity index is 2.63. The van der Waals surface area contributed by atoms with E-state index in [1.54, 1.807) is 6.21 Å². The van der Waals surface area contributed by atoms with Crippen LogP contribution >= 0.6 is 0 Å². The Bertz CT molecular complexity index is 149. The first kappa shape index (κ1) is 5.03. The quantitative estimate of drug-likeness (QED) is 0.451. The predicted octanol–water partition coefficient (Wildman–Crippen LogP) is 0.128. The van der Waals surface area contributed by atoms with Gasteiger partial charge in [0, 0.05) is 6.21 Å². The normalized spacial score (nSPS) is 16.8. The highest BCUT2D eigenvalue weighted by Gasteiger charge is 1.95. The molecule has 42 valence electrons. The number of hydrogen-bond acceptors (Lipinski definition) is 3. The Kier molecular flexibility index (Phi) is 1.42. The van der Waals surface area contributed by atoms with Crippen LogP contribution in [0.5, 0.6) is 0 Å². The molecule has 0 unspecified atom stereocenters. The van der Waals surface area contributed by atoms with Crippen molar-refractivity contribution in [1.82, 2.24) is 0 Å². The highest BCUT2D eigenvalue weighted by atomic mass is 16.5. The number of carbonyl (C=O) groups excluding carboxylic acids is 1. The summed E-state index contributed by atoms with van der Waals surface area (Å²) in [4.78, 5) is 13.6. The van der Waals surface area contributed by atoms with Crippen molar-refractivity contribution in [3.8, 4) is 0 Å². The van der Waals surface area contributed by atoms with Gasteiger partial charge in [-0.1, -0.05) is 0 Å². The molecule has 0 bridgehead atoms. The van der Waals surface area contributed by atoms with E-state index in [4.69, 9.17) is 4.74 Å². The molecule has 0 aliphatic carbocycles. The average Bonchev–Trinajstić information content (AvgIpc) is 1.90. The van der Waals surface area contributed by atoms with E-state index in [1.165, 1.54) is 6.20 Å². The lowest BCUT2D eigenvalue weighted by molar-refractivity contribution is -0.107. The average molecular weight is 111 g/mol. The van der Waals surface area contributed by atoms with Gasteiger partial charge in [0.05, 0.1) is 6.20 Å². The van der Waals surface area contributed by atoms with Crippen LogP contribution < -0.4 is 0 Å². The fourth-order valence-electron chi connectivity index (χ4n) is 0.404. The van der Waals surface area contributed by atoms with Crippen molar-refractivity contribution in [3.63, 3.8) is 0 Å². The highest BCUT2D eigenvalue weighted by molar-refractivity contribution is 5.73. The first-order valence-electron chi connectivity index (χ1n) is 2.23. The fourth-order valence-corrected chi connectivity index (χ4v) is 0.404. The molecule has 3 heteroatoms. The molecule has 0 spiro atoms. The van der Waals surface area contributed by atoms with Crippen molar-refractivity contribution in [3.05, 3.63) is 12.0 Å². The maximum Gasteiger partial charge on any atom is 0.186 e. The topological polar surface area (TPSA) is 38.7 Å². The number of ether oxygens (including phenoxy) is 1. The number of rotatable bonds is 1. The van der Waals surface area contributed by atoms with E-state index in [2.05, 4.69) is 4.99 Å². The maximum atomic E-state index is 9.89. The molecule has 0 atom stereocenters. The maximum absolute atomic E-state index is 9.89. The van der Waals surface area contributed by atoms with E-state index < -0.39 is 0 Å².